The predicted octanol–water partition coefficient (Wildman–Crippen LogP) is 6.48. The van der Waals surface area contributed by atoms with E-state index >= 15 is 0 Å². The first-order valence-corrected chi connectivity index (χ1v) is 10.4. The van der Waals surface area contributed by atoms with Crippen molar-refractivity contribution in [1.29, 1.82) is 5.41 Å². The van der Waals surface area contributed by atoms with Crippen LogP contribution in [0.5, 0.6) is 0 Å². The van der Waals surface area contributed by atoms with Crippen molar-refractivity contribution in [3.8, 4) is 22.4 Å². The zero-order chi connectivity index (χ0) is 21.7. The first-order valence-electron chi connectivity index (χ1n) is 9.57. The lowest BCUT2D eigenvalue weighted by Gasteiger charge is -2.15. The summed E-state index contributed by atoms with van der Waals surface area (Å²) in [6, 6.07) is 13.3. The van der Waals surface area contributed by atoms with Crippen LogP contribution in [0.1, 0.15) is 11.1 Å². The maximum Gasteiger partial charge on any atom is 0.126 e. The Kier molecular flexibility index (Phi) is 6.90. The minimum Gasteiger partial charge on any atom is -0.388 e. The van der Waals surface area contributed by atoms with Gasteiger partial charge in [-0.15, -0.1) is 0 Å². The van der Waals surface area contributed by atoms with E-state index < -0.39 is 0 Å². The standard InChI is InChI=1S/C24H25FN4S/c1-5-30-23(26)14-28-19-12-20(17-7-9-22(27-4)16(3)11-17)24(29-13-19)18-6-8-21(25)15(2)10-18/h5-13,26-28H,1,14H2,2-4H3. The van der Waals surface area contributed by atoms with Crippen LogP contribution in [0.2, 0.25) is 0 Å². The fourth-order valence-corrected chi connectivity index (χ4v) is 3.60. The van der Waals surface area contributed by atoms with Gasteiger partial charge in [-0.05, 0) is 72.3 Å². The van der Waals surface area contributed by atoms with Crippen molar-refractivity contribution in [3.63, 3.8) is 0 Å². The number of nitrogens with zero attached hydrogens (tertiary/aromatic N) is 1. The summed E-state index contributed by atoms with van der Waals surface area (Å²) in [6.45, 7) is 7.84. The molecule has 0 unspecified atom stereocenters. The number of hydrogen-bond acceptors (Lipinski definition) is 5. The van der Waals surface area contributed by atoms with E-state index in [0.29, 0.717) is 17.2 Å². The molecule has 0 bridgehead atoms. The quantitative estimate of drug-likeness (QED) is 0.302. The van der Waals surface area contributed by atoms with Crippen LogP contribution in [0.25, 0.3) is 22.4 Å². The average Bonchev–Trinajstić information content (AvgIpc) is 2.74. The second-order valence-electron chi connectivity index (χ2n) is 6.93. The molecule has 0 aliphatic heterocycles. The number of pyridine rings is 1. The van der Waals surface area contributed by atoms with Crippen LogP contribution in [0.15, 0.2) is 60.6 Å². The zero-order valence-corrected chi connectivity index (χ0v) is 18.2. The van der Waals surface area contributed by atoms with Gasteiger partial charge in [-0.2, -0.15) is 0 Å². The smallest absolute Gasteiger partial charge is 0.126 e. The number of anilines is 2. The molecule has 0 fully saturated rings. The molecule has 0 aliphatic rings. The van der Waals surface area contributed by atoms with Crippen LogP contribution >= 0.6 is 11.8 Å². The molecule has 154 valence electrons. The highest BCUT2D eigenvalue weighted by Crippen LogP contribution is 2.34. The molecule has 30 heavy (non-hydrogen) atoms. The van der Waals surface area contributed by atoms with Gasteiger partial charge >= 0.3 is 0 Å². The Morgan fingerprint density at radius 1 is 1.13 bits per heavy atom. The molecule has 0 amide bonds. The summed E-state index contributed by atoms with van der Waals surface area (Å²) >= 11 is 1.28. The van der Waals surface area contributed by atoms with E-state index in [1.807, 2.05) is 25.2 Å². The molecule has 0 radical (unpaired) electrons. The monoisotopic (exact) mass is 420 g/mol. The van der Waals surface area contributed by atoms with Crippen LogP contribution in [0, 0.1) is 25.1 Å². The van der Waals surface area contributed by atoms with Crippen molar-refractivity contribution < 1.29 is 4.39 Å². The van der Waals surface area contributed by atoms with Crippen molar-refractivity contribution >= 4 is 28.2 Å². The van der Waals surface area contributed by atoms with E-state index in [2.05, 4.69) is 36.3 Å². The van der Waals surface area contributed by atoms with E-state index in [1.165, 1.54) is 17.8 Å². The van der Waals surface area contributed by atoms with Crippen LogP contribution in [0.4, 0.5) is 15.8 Å². The summed E-state index contributed by atoms with van der Waals surface area (Å²) in [4.78, 5) is 4.69. The number of thioether (sulfide) groups is 1. The van der Waals surface area contributed by atoms with Crippen molar-refractivity contribution in [2.75, 3.05) is 24.2 Å². The normalized spacial score (nSPS) is 10.5. The minimum atomic E-state index is -0.231. The minimum absolute atomic E-state index is 0.231. The summed E-state index contributed by atoms with van der Waals surface area (Å²) in [5.74, 6) is -0.231. The highest BCUT2D eigenvalue weighted by Gasteiger charge is 2.13. The molecule has 0 saturated carbocycles. The SMILES string of the molecule is C=CSC(=N)CNc1cnc(-c2ccc(F)c(C)c2)c(-c2ccc(NC)c(C)c2)c1. The largest absolute Gasteiger partial charge is 0.388 e. The van der Waals surface area contributed by atoms with E-state index in [9.17, 15) is 4.39 Å². The van der Waals surface area contributed by atoms with Gasteiger partial charge in [0.15, 0.2) is 0 Å². The zero-order valence-electron chi connectivity index (χ0n) is 17.3. The number of nitrogens with one attached hydrogen (secondary N) is 3. The van der Waals surface area contributed by atoms with Gasteiger partial charge in [-0.25, -0.2) is 4.39 Å². The van der Waals surface area contributed by atoms with Gasteiger partial charge < -0.3 is 10.6 Å². The maximum atomic E-state index is 13.8. The Labute approximate surface area is 181 Å². The molecular formula is C24H25FN4S. The lowest BCUT2D eigenvalue weighted by Crippen LogP contribution is -2.09. The van der Waals surface area contributed by atoms with Crippen molar-refractivity contribution in [1.82, 2.24) is 4.98 Å². The number of aromatic nitrogens is 1. The Morgan fingerprint density at radius 2 is 1.87 bits per heavy atom. The van der Waals surface area contributed by atoms with Crippen molar-refractivity contribution in [2.45, 2.75) is 13.8 Å². The molecule has 2 aromatic carbocycles. The van der Waals surface area contributed by atoms with E-state index in [4.69, 9.17) is 10.4 Å². The molecule has 1 aromatic heterocycles. The van der Waals surface area contributed by atoms with Gasteiger partial charge in [0.1, 0.15) is 5.82 Å². The maximum absolute atomic E-state index is 13.8. The van der Waals surface area contributed by atoms with Gasteiger partial charge in [-0.1, -0.05) is 24.4 Å². The fraction of sp³-hybridized carbons (Fsp3) is 0.167. The van der Waals surface area contributed by atoms with Gasteiger partial charge in [0.25, 0.3) is 0 Å². The van der Waals surface area contributed by atoms with Crippen LogP contribution in [-0.4, -0.2) is 23.6 Å². The number of rotatable bonds is 7. The summed E-state index contributed by atoms with van der Waals surface area (Å²) < 4.78 is 13.8. The van der Waals surface area contributed by atoms with Crippen LogP contribution in [0.3, 0.4) is 0 Å². The molecule has 0 spiro atoms. The van der Waals surface area contributed by atoms with E-state index in [-0.39, 0.29) is 5.82 Å². The molecule has 4 nitrogen and oxygen atoms in total. The molecule has 3 aromatic rings. The highest BCUT2D eigenvalue weighted by atomic mass is 32.2. The van der Waals surface area contributed by atoms with Crippen LogP contribution in [-0.2, 0) is 0 Å². The van der Waals surface area contributed by atoms with Gasteiger partial charge in [0.05, 0.1) is 29.2 Å². The summed E-state index contributed by atoms with van der Waals surface area (Å²) in [6.07, 6.45) is 1.75. The number of hydrogen-bond donors (Lipinski definition) is 3. The van der Waals surface area contributed by atoms with Crippen molar-refractivity contribution in [2.24, 2.45) is 0 Å². The second kappa shape index (κ2) is 9.59. The molecule has 0 aliphatic carbocycles. The van der Waals surface area contributed by atoms with E-state index in [0.717, 1.165) is 39.3 Å². The molecule has 1 heterocycles. The average molecular weight is 421 g/mol. The predicted molar refractivity (Wildman–Crippen MR) is 128 cm³/mol. The van der Waals surface area contributed by atoms with Gasteiger partial charge in [-0.3, -0.25) is 10.4 Å². The molecular weight excluding hydrogens is 395 g/mol. The molecule has 6 heteroatoms. The number of benzene rings is 2. The second-order valence-corrected chi connectivity index (χ2v) is 7.99. The van der Waals surface area contributed by atoms with Crippen LogP contribution < -0.4 is 10.6 Å². The Hall–Kier alpha value is -3.12. The summed E-state index contributed by atoms with van der Waals surface area (Å²) in [5, 5.41) is 16.5. The first-order chi connectivity index (χ1) is 14.4. The van der Waals surface area contributed by atoms with Gasteiger partial charge in [0, 0.05) is 23.9 Å². The summed E-state index contributed by atoms with van der Waals surface area (Å²) in [7, 11) is 1.90. The van der Waals surface area contributed by atoms with Gasteiger partial charge in [0.2, 0.25) is 0 Å². The van der Waals surface area contributed by atoms with E-state index in [1.54, 1.807) is 24.6 Å². The summed E-state index contributed by atoms with van der Waals surface area (Å²) in [5.41, 5.74) is 7.21. The third kappa shape index (κ3) is 4.89. The highest BCUT2D eigenvalue weighted by molar-refractivity contribution is 8.16. The number of aryl methyl sites for hydroxylation is 2. The topological polar surface area (TPSA) is 60.8 Å². The number of halogens is 1. The molecule has 0 saturated heterocycles. The lowest BCUT2D eigenvalue weighted by atomic mass is 9.96. The Morgan fingerprint density at radius 3 is 2.53 bits per heavy atom. The third-order valence-corrected chi connectivity index (χ3v) is 5.40. The lowest BCUT2D eigenvalue weighted by molar-refractivity contribution is 0.619. The third-order valence-electron chi connectivity index (χ3n) is 4.80. The first kappa shape index (κ1) is 21.6. The Balaban J connectivity index is 2.07. The molecule has 3 N–H and O–H groups in total. The molecule has 0 atom stereocenters. The molecule has 3 rings (SSSR count). The Bertz CT molecular complexity index is 1090. The van der Waals surface area contributed by atoms with Crippen molar-refractivity contribution in [3.05, 3.63) is 77.6 Å². The fourth-order valence-electron chi connectivity index (χ4n) is 3.24.